The minimum Gasteiger partial charge on any atom is -0.492 e. The van der Waals surface area contributed by atoms with Gasteiger partial charge in [-0.15, -0.1) is 24.0 Å². The summed E-state index contributed by atoms with van der Waals surface area (Å²) in [5.41, 5.74) is 0. The van der Waals surface area contributed by atoms with Gasteiger partial charge < -0.3 is 19.5 Å². The topological polar surface area (TPSA) is 75.8 Å². The molecule has 0 bridgehead atoms. The van der Waals surface area contributed by atoms with Crippen molar-refractivity contribution < 1.29 is 9.26 Å². The molecule has 0 radical (unpaired) electrons. The lowest BCUT2D eigenvalue weighted by molar-refractivity contribution is 0.281. The number of ether oxygens (including phenoxy) is 1. The van der Waals surface area contributed by atoms with Crippen molar-refractivity contribution in [2.45, 2.75) is 20.3 Å². The fourth-order valence-electron chi connectivity index (χ4n) is 2.11. The molecule has 0 spiro atoms. The molecule has 2 aromatic rings. The molecule has 0 saturated heterocycles. The van der Waals surface area contributed by atoms with E-state index in [0.29, 0.717) is 42.9 Å². The van der Waals surface area contributed by atoms with Crippen molar-refractivity contribution in [2.75, 3.05) is 33.3 Å². The quantitative estimate of drug-likeness (QED) is 0.346. The van der Waals surface area contributed by atoms with Crippen LogP contribution < -0.4 is 10.1 Å². The lowest BCUT2D eigenvalue weighted by atomic mass is 10.3. The first-order valence-corrected chi connectivity index (χ1v) is 8.63. The molecule has 0 fully saturated rings. The van der Waals surface area contributed by atoms with Gasteiger partial charge in [0.25, 0.3) is 0 Å². The summed E-state index contributed by atoms with van der Waals surface area (Å²) in [5, 5.41) is 7.74. The lowest BCUT2D eigenvalue weighted by Gasteiger charge is -2.22. The van der Waals surface area contributed by atoms with Crippen molar-refractivity contribution in [1.29, 1.82) is 0 Å². The van der Waals surface area contributed by atoms with E-state index in [-0.39, 0.29) is 24.0 Å². The van der Waals surface area contributed by atoms with Gasteiger partial charge in [0.1, 0.15) is 12.4 Å². The molecule has 0 aliphatic carbocycles. The van der Waals surface area contributed by atoms with Crippen molar-refractivity contribution in [3.8, 4) is 5.75 Å². The number of hydrogen-bond donors (Lipinski definition) is 1. The second-order valence-corrected chi connectivity index (χ2v) is 5.88. The highest BCUT2D eigenvalue weighted by Gasteiger charge is 2.07. The third kappa shape index (κ3) is 7.77. The molecular formula is C17H25ClIN5O2. The number of likely N-dealkylation sites (N-methyl/N-ethyl adjacent to an activating group) is 1. The van der Waals surface area contributed by atoms with Gasteiger partial charge in [0.05, 0.1) is 13.1 Å². The van der Waals surface area contributed by atoms with Crippen molar-refractivity contribution >= 4 is 41.5 Å². The highest BCUT2D eigenvalue weighted by atomic mass is 127. The van der Waals surface area contributed by atoms with E-state index in [1.807, 2.05) is 43.1 Å². The predicted molar refractivity (Wildman–Crippen MR) is 114 cm³/mol. The van der Waals surface area contributed by atoms with Crippen LogP contribution in [-0.2, 0) is 6.42 Å². The van der Waals surface area contributed by atoms with Crippen LogP contribution in [0.3, 0.4) is 0 Å². The number of aliphatic imine (C=N–C) groups is 1. The van der Waals surface area contributed by atoms with Crippen LogP contribution in [0, 0.1) is 6.92 Å². The van der Waals surface area contributed by atoms with Gasteiger partial charge in [-0.05, 0) is 38.1 Å². The molecule has 2 rings (SSSR count). The van der Waals surface area contributed by atoms with Crippen molar-refractivity contribution in [3.05, 3.63) is 41.0 Å². The molecule has 0 amide bonds. The molecule has 0 aliphatic heterocycles. The van der Waals surface area contributed by atoms with E-state index in [1.165, 1.54) is 0 Å². The predicted octanol–water partition coefficient (Wildman–Crippen LogP) is 3.17. The maximum absolute atomic E-state index is 5.86. The van der Waals surface area contributed by atoms with Crippen LogP contribution in [0.4, 0.5) is 0 Å². The van der Waals surface area contributed by atoms with Crippen LogP contribution in [0.5, 0.6) is 5.75 Å². The summed E-state index contributed by atoms with van der Waals surface area (Å²) in [5.74, 6) is 2.86. The van der Waals surface area contributed by atoms with Gasteiger partial charge in [0.15, 0.2) is 11.8 Å². The third-order valence-corrected chi connectivity index (χ3v) is 3.61. The minimum atomic E-state index is 0. The molecule has 7 nitrogen and oxygen atoms in total. The molecule has 0 unspecified atom stereocenters. The molecule has 1 N–H and O–H groups in total. The molecule has 0 atom stereocenters. The van der Waals surface area contributed by atoms with E-state index >= 15 is 0 Å². The average molecular weight is 494 g/mol. The molecule has 9 heteroatoms. The number of hydrogen-bond acceptors (Lipinski definition) is 5. The summed E-state index contributed by atoms with van der Waals surface area (Å²) in [6.07, 6.45) is 0.616. The van der Waals surface area contributed by atoms with Gasteiger partial charge in [0, 0.05) is 25.0 Å². The number of aryl methyl sites for hydroxylation is 1. The number of rotatable bonds is 8. The fourth-order valence-corrected chi connectivity index (χ4v) is 2.23. The lowest BCUT2D eigenvalue weighted by Crippen LogP contribution is -2.41. The Balaban J connectivity index is 0.00000338. The summed E-state index contributed by atoms with van der Waals surface area (Å²) in [6.45, 7) is 6.45. The van der Waals surface area contributed by atoms with Crippen LogP contribution in [0.25, 0.3) is 0 Å². The summed E-state index contributed by atoms with van der Waals surface area (Å²) in [7, 11) is 1.98. The number of nitrogens with one attached hydrogen (secondary N) is 1. The van der Waals surface area contributed by atoms with Crippen LogP contribution in [-0.4, -0.2) is 54.3 Å². The Hall–Kier alpha value is -1.55. The second-order valence-electron chi connectivity index (χ2n) is 5.44. The highest BCUT2D eigenvalue weighted by molar-refractivity contribution is 14.0. The summed E-state index contributed by atoms with van der Waals surface area (Å²) < 4.78 is 10.8. The largest absolute Gasteiger partial charge is 0.492 e. The van der Waals surface area contributed by atoms with Gasteiger partial charge in [-0.1, -0.05) is 16.8 Å². The molecule has 0 saturated carbocycles. The Morgan fingerprint density at radius 1 is 1.35 bits per heavy atom. The molecule has 144 valence electrons. The van der Waals surface area contributed by atoms with Gasteiger partial charge in [0.2, 0.25) is 5.89 Å². The average Bonchev–Trinajstić information content (AvgIpc) is 3.01. The van der Waals surface area contributed by atoms with E-state index in [4.69, 9.17) is 20.9 Å². The summed E-state index contributed by atoms with van der Waals surface area (Å²) in [6, 6.07) is 7.33. The Morgan fingerprint density at radius 2 is 2.08 bits per heavy atom. The monoisotopic (exact) mass is 493 g/mol. The van der Waals surface area contributed by atoms with Gasteiger partial charge in [-0.2, -0.15) is 4.98 Å². The fraction of sp³-hybridized carbons (Fsp3) is 0.471. The maximum Gasteiger partial charge on any atom is 0.228 e. The molecule has 1 heterocycles. The first kappa shape index (κ1) is 22.5. The second kappa shape index (κ2) is 11.9. The zero-order valence-corrected chi connectivity index (χ0v) is 18.3. The summed E-state index contributed by atoms with van der Waals surface area (Å²) >= 11 is 5.86. The zero-order valence-electron chi connectivity index (χ0n) is 15.2. The number of halogens is 2. The molecular weight excluding hydrogens is 469 g/mol. The van der Waals surface area contributed by atoms with Gasteiger partial charge in [-0.3, -0.25) is 4.99 Å². The first-order chi connectivity index (χ1) is 12.1. The van der Waals surface area contributed by atoms with Crippen LogP contribution in [0.2, 0.25) is 5.02 Å². The van der Waals surface area contributed by atoms with Crippen molar-refractivity contribution in [2.24, 2.45) is 4.99 Å². The van der Waals surface area contributed by atoms with Gasteiger partial charge >= 0.3 is 0 Å². The molecule has 1 aromatic carbocycles. The van der Waals surface area contributed by atoms with E-state index in [2.05, 4.69) is 20.4 Å². The van der Waals surface area contributed by atoms with E-state index in [9.17, 15) is 0 Å². The Bertz CT molecular complexity index is 678. The standard InChI is InChI=1S/C17H24ClN5O2.HI/c1-4-19-17(20-10-9-16-21-13(2)22-25-16)23(3)11-12-24-15-7-5-14(18)6-8-15;/h5-8H,4,9-12H2,1-3H3,(H,19,20);1H. The summed E-state index contributed by atoms with van der Waals surface area (Å²) in [4.78, 5) is 10.8. The Morgan fingerprint density at radius 3 is 2.69 bits per heavy atom. The number of aromatic nitrogens is 2. The van der Waals surface area contributed by atoms with Gasteiger partial charge in [-0.25, -0.2) is 0 Å². The van der Waals surface area contributed by atoms with Crippen molar-refractivity contribution in [3.63, 3.8) is 0 Å². The van der Waals surface area contributed by atoms with Crippen LogP contribution >= 0.6 is 35.6 Å². The highest BCUT2D eigenvalue weighted by Crippen LogP contribution is 2.15. The molecule has 0 aliphatic rings. The number of guanidine groups is 1. The maximum atomic E-state index is 5.86. The SMILES string of the molecule is CCNC(=NCCc1nc(C)no1)N(C)CCOc1ccc(Cl)cc1.I. The third-order valence-electron chi connectivity index (χ3n) is 3.36. The zero-order chi connectivity index (χ0) is 18.1. The smallest absolute Gasteiger partial charge is 0.228 e. The Labute approximate surface area is 176 Å². The van der Waals surface area contributed by atoms with Crippen molar-refractivity contribution in [1.82, 2.24) is 20.4 Å². The van der Waals surface area contributed by atoms with Crippen LogP contribution in [0.1, 0.15) is 18.6 Å². The number of benzene rings is 1. The number of nitrogens with zero attached hydrogens (tertiary/aromatic N) is 4. The minimum absolute atomic E-state index is 0. The molecule has 26 heavy (non-hydrogen) atoms. The van der Waals surface area contributed by atoms with E-state index in [1.54, 1.807) is 6.92 Å². The van der Waals surface area contributed by atoms with E-state index < -0.39 is 0 Å². The van der Waals surface area contributed by atoms with E-state index in [0.717, 1.165) is 18.3 Å². The first-order valence-electron chi connectivity index (χ1n) is 8.25. The van der Waals surface area contributed by atoms with Crippen LogP contribution in [0.15, 0.2) is 33.8 Å². The normalized spacial score (nSPS) is 11.0. The molecule has 1 aromatic heterocycles. The Kier molecular flexibility index (Phi) is 10.3.